The monoisotopic (exact) mass is 302 g/mol. The molecule has 1 unspecified atom stereocenters. The van der Waals surface area contributed by atoms with Crippen molar-refractivity contribution in [1.82, 2.24) is 10.5 Å². The number of fused-ring (bicyclic) bond motifs is 1. The highest BCUT2D eigenvalue weighted by atomic mass is 32.2. The lowest BCUT2D eigenvalue weighted by Crippen LogP contribution is -2.31. The third kappa shape index (κ3) is 2.70. The van der Waals surface area contributed by atoms with Gasteiger partial charge in [0.15, 0.2) is 0 Å². The molecule has 1 N–H and O–H groups in total. The van der Waals surface area contributed by atoms with Gasteiger partial charge in [-0.15, -0.1) is 11.8 Å². The van der Waals surface area contributed by atoms with E-state index in [0.717, 1.165) is 17.9 Å². The number of carbonyl (C=O) groups excluding carboxylic acids is 1. The summed E-state index contributed by atoms with van der Waals surface area (Å²) in [6, 6.07) is 8.32. The summed E-state index contributed by atoms with van der Waals surface area (Å²) >= 11 is 1.85. The Morgan fingerprint density at radius 1 is 1.48 bits per heavy atom. The van der Waals surface area contributed by atoms with E-state index < -0.39 is 0 Å². The van der Waals surface area contributed by atoms with Crippen LogP contribution in [0.1, 0.15) is 46.8 Å². The second-order valence-electron chi connectivity index (χ2n) is 5.12. The molecule has 0 fully saturated rings. The van der Waals surface area contributed by atoms with Crippen molar-refractivity contribution in [1.29, 1.82) is 0 Å². The molecule has 0 saturated heterocycles. The maximum absolute atomic E-state index is 12.6. The molecule has 0 saturated carbocycles. The summed E-state index contributed by atoms with van der Waals surface area (Å²) in [5.74, 6) is 1.52. The van der Waals surface area contributed by atoms with E-state index in [2.05, 4.69) is 22.6 Å². The SMILES string of the molecule is CCc1noc(C)c1C(=O)NC1CCSc2ccccc21. The number of rotatable bonds is 3. The molecule has 1 aromatic heterocycles. The number of amides is 1. The van der Waals surface area contributed by atoms with Crippen LogP contribution < -0.4 is 5.32 Å². The second-order valence-corrected chi connectivity index (χ2v) is 6.25. The number of nitrogens with one attached hydrogen (secondary N) is 1. The van der Waals surface area contributed by atoms with Crippen molar-refractivity contribution in [3.63, 3.8) is 0 Å². The van der Waals surface area contributed by atoms with E-state index in [4.69, 9.17) is 4.52 Å². The van der Waals surface area contributed by atoms with E-state index in [1.165, 1.54) is 10.5 Å². The molecule has 2 heterocycles. The van der Waals surface area contributed by atoms with Crippen molar-refractivity contribution in [2.45, 2.75) is 37.6 Å². The summed E-state index contributed by atoms with van der Waals surface area (Å²) in [4.78, 5) is 13.8. The standard InChI is InChI=1S/C16H18N2O2S/c1-3-12-15(10(2)20-18-12)16(19)17-13-8-9-21-14-7-5-4-6-11(13)14/h4-7,13H,3,8-9H2,1-2H3,(H,17,19). The maximum atomic E-state index is 12.6. The number of thioether (sulfide) groups is 1. The van der Waals surface area contributed by atoms with Gasteiger partial charge in [-0.1, -0.05) is 30.3 Å². The lowest BCUT2D eigenvalue weighted by Gasteiger charge is -2.25. The second kappa shape index (κ2) is 5.93. The Bertz CT molecular complexity index is 666. The number of hydrogen-bond acceptors (Lipinski definition) is 4. The normalized spacial score (nSPS) is 17.3. The van der Waals surface area contributed by atoms with Gasteiger partial charge in [-0.2, -0.15) is 0 Å². The van der Waals surface area contributed by atoms with Crippen molar-refractivity contribution < 1.29 is 9.32 Å². The van der Waals surface area contributed by atoms with Gasteiger partial charge < -0.3 is 9.84 Å². The molecule has 0 bridgehead atoms. The van der Waals surface area contributed by atoms with E-state index in [9.17, 15) is 4.79 Å². The minimum atomic E-state index is -0.0858. The molecule has 0 spiro atoms. The Morgan fingerprint density at radius 2 is 2.29 bits per heavy atom. The molecule has 0 radical (unpaired) electrons. The predicted octanol–water partition coefficient (Wildman–Crippen LogP) is 3.51. The molecule has 0 aliphatic carbocycles. The largest absolute Gasteiger partial charge is 0.361 e. The number of hydrogen-bond donors (Lipinski definition) is 1. The quantitative estimate of drug-likeness (QED) is 0.942. The van der Waals surface area contributed by atoms with Gasteiger partial charge in [0.2, 0.25) is 0 Å². The van der Waals surface area contributed by atoms with E-state index in [1.54, 1.807) is 6.92 Å². The Hall–Kier alpha value is -1.75. The molecule has 1 atom stereocenters. The van der Waals surface area contributed by atoms with Crippen molar-refractivity contribution in [3.8, 4) is 0 Å². The number of aromatic nitrogens is 1. The smallest absolute Gasteiger partial charge is 0.257 e. The summed E-state index contributed by atoms with van der Waals surface area (Å²) < 4.78 is 5.15. The van der Waals surface area contributed by atoms with Gasteiger partial charge in [0.05, 0.1) is 11.7 Å². The molecular formula is C16H18N2O2S. The number of aryl methyl sites for hydroxylation is 2. The zero-order chi connectivity index (χ0) is 14.8. The first-order chi connectivity index (χ1) is 10.2. The summed E-state index contributed by atoms with van der Waals surface area (Å²) in [5, 5.41) is 7.09. The van der Waals surface area contributed by atoms with E-state index >= 15 is 0 Å². The fourth-order valence-electron chi connectivity index (χ4n) is 2.67. The van der Waals surface area contributed by atoms with Gasteiger partial charge in [0.25, 0.3) is 5.91 Å². The highest BCUT2D eigenvalue weighted by molar-refractivity contribution is 7.99. The van der Waals surface area contributed by atoms with Crippen LogP contribution in [0, 0.1) is 6.92 Å². The van der Waals surface area contributed by atoms with Crippen LogP contribution in [0.2, 0.25) is 0 Å². The lowest BCUT2D eigenvalue weighted by atomic mass is 10.0. The molecule has 4 nitrogen and oxygen atoms in total. The van der Waals surface area contributed by atoms with Crippen LogP contribution in [-0.2, 0) is 6.42 Å². The van der Waals surface area contributed by atoms with Gasteiger partial charge in [-0.3, -0.25) is 4.79 Å². The van der Waals surface area contributed by atoms with Crippen LogP contribution >= 0.6 is 11.8 Å². The molecule has 1 aliphatic rings. The molecular weight excluding hydrogens is 284 g/mol. The van der Waals surface area contributed by atoms with Gasteiger partial charge in [-0.05, 0) is 31.4 Å². The molecule has 21 heavy (non-hydrogen) atoms. The zero-order valence-corrected chi connectivity index (χ0v) is 13.0. The Labute approximate surface area is 128 Å². The van der Waals surface area contributed by atoms with Crippen molar-refractivity contribution in [3.05, 3.63) is 46.8 Å². The summed E-state index contributed by atoms with van der Waals surface area (Å²) in [5.41, 5.74) is 2.52. The minimum Gasteiger partial charge on any atom is -0.361 e. The van der Waals surface area contributed by atoms with Crippen LogP contribution in [0.25, 0.3) is 0 Å². The van der Waals surface area contributed by atoms with E-state index in [1.807, 2.05) is 30.8 Å². The van der Waals surface area contributed by atoms with E-state index in [-0.39, 0.29) is 11.9 Å². The highest BCUT2D eigenvalue weighted by Crippen LogP contribution is 2.36. The van der Waals surface area contributed by atoms with Gasteiger partial charge in [0.1, 0.15) is 11.3 Å². The molecule has 3 rings (SSSR count). The lowest BCUT2D eigenvalue weighted by molar-refractivity contribution is 0.0932. The average Bonchev–Trinajstić information content (AvgIpc) is 2.88. The fourth-order valence-corrected chi connectivity index (χ4v) is 3.80. The first-order valence-corrected chi connectivity index (χ1v) is 8.17. The Morgan fingerprint density at radius 3 is 3.10 bits per heavy atom. The Kier molecular flexibility index (Phi) is 4.01. The zero-order valence-electron chi connectivity index (χ0n) is 12.2. The number of nitrogens with zero attached hydrogens (tertiary/aromatic N) is 1. The van der Waals surface area contributed by atoms with Gasteiger partial charge >= 0.3 is 0 Å². The van der Waals surface area contributed by atoms with Gasteiger partial charge in [-0.25, -0.2) is 0 Å². The fraction of sp³-hybridized carbons (Fsp3) is 0.375. The Balaban J connectivity index is 1.84. The van der Waals surface area contributed by atoms with Crippen LogP contribution in [0.4, 0.5) is 0 Å². The first kappa shape index (κ1) is 14.2. The van der Waals surface area contributed by atoms with Crippen molar-refractivity contribution >= 4 is 17.7 Å². The topological polar surface area (TPSA) is 55.1 Å². The highest BCUT2D eigenvalue weighted by Gasteiger charge is 2.25. The van der Waals surface area contributed by atoms with Crippen molar-refractivity contribution in [2.75, 3.05) is 5.75 Å². The predicted molar refractivity (Wildman–Crippen MR) is 82.6 cm³/mol. The molecule has 1 amide bonds. The summed E-state index contributed by atoms with van der Waals surface area (Å²) in [6.07, 6.45) is 1.64. The first-order valence-electron chi connectivity index (χ1n) is 7.18. The molecule has 1 aromatic carbocycles. The number of benzene rings is 1. The van der Waals surface area contributed by atoms with Crippen LogP contribution in [0.3, 0.4) is 0 Å². The van der Waals surface area contributed by atoms with Crippen molar-refractivity contribution in [2.24, 2.45) is 0 Å². The molecule has 1 aliphatic heterocycles. The third-order valence-electron chi connectivity index (χ3n) is 3.76. The van der Waals surface area contributed by atoms with Crippen LogP contribution in [0.5, 0.6) is 0 Å². The molecule has 5 heteroatoms. The third-order valence-corrected chi connectivity index (χ3v) is 4.88. The van der Waals surface area contributed by atoms with Gasteiger partial charge in [0, 0.05) is 10.6 Å². The summed E-state index contributed by atoms with van der Waals surface area (Å²) in [7, 11) is 0. The minimum absolute atomic E-state index is 0.0638. The van der Waals surface area contributed by atoms with Crippen LogP contribution in [-0.4, -0.2) is 16.8 Å². The average molecular weight is 302 g/mol. The molecule has 110 valence electrons. The van der Waals surface area contributed by atoms with Crippen LogP contribution in [0.15, 0.2) is 33.7 Å². The van der Waals surface area contributed by atoms with E-state index in [0.29, 0.717) is 17.7 Å². The summed E-state index contributed by atoms with van der Waals surface area (Å²) in [6.45, 7) is 3.76. The molecule has 2 aromatic rings. The maximum Gasteiger partial charge on any atom is 0.257 e. The number of carbonyl (C=O) groups is 1.